The molecule has 3 fully saturated rings. The summed E-state index contributed by atoms with van der Waals surface area (Å²) in [6.07, 6.45) is -2.22. The minimum atomic E-state index is -4.46. The van der Waals surface area contributed by atoms with Crippen LogP contribution >= 0.6 is 0 Å². The number of hydrogen-bond acceptors (Lipinski definition) is 2. The van der Waals surface area contributed by atoms with E-state index in [4.69, 9.17) is 0 Å². The Balaban J connectivity index is 1.94. The normalized spacial score (nSPS) is 28.7. The highest BCUT2D eigenvalue weighted by atomic mass is 19.4. The number of piperazine rings is 1. The van der Waals surface area contributed by atoms with E-state index in [1.807, 2.05) is 0 Å². The summed E-state index contributed by atoms with van der Waals surface area (Å²) in [5.74, 6) is -1.02. The lowest BCUT2D eigenvalue weighted by Gasteiger charge is -2.44. The lowest BCUT2D eigenvalue weighted by atomic mass is 9.91. The third kappa shape index (κ3) is 1.66. The molecular weight excluding hydrogens is 261 g/mol. The number of rotatable bonds is 1. The summed E-state index contributed by atoms with van der Waals surface area (Å²) in [5.41, 5.74) is -3.16. The zero-order valence-electron chi connectivity index (χ0n) is 10.3. The quantitative estimate of drug-likeness (QED) is 0.786. The summed E-state index contributed by atoms with van der Waals surface area (Å²) in [6.45, 7) is -0.472. The van der Waals surface area contributed by atoms with Crippen molar-refractivity contribution in [2.75, 3.05) is 6.54 Å². The van der Waals surface area contributed by atoms with Gasteiger partial charge in [0, 0.05) is 0 Å². The van der Waals surface area contributed by atoms with Crippen molar-refractivity contribution in [2.45, 2.75) is 55.8 Å². The number of halogens is 3. The molecule has 7 heteroatoms. The summed E-state index contributed by atoms with van der Waals surface area (Å²) in [4.78, 5) is 24.9. The molecule has 106 valence electrons. The molecule has 0 unspecified atom stereocenters. The van der Waals surface area contributed by atoms with Gasteiger partial charge in [-0.15, -0.1) is 0 Å². The van der Waals surface area contributed by atoms with E-state index in [0.717, 1.165) is 17.7 Å². The topological polar surface area (TPSA) is 49.4 Å². The molecule has 1 spiro atoms. The monoisotopic (exact) mass is 276 g/mol. The number of carbonyl (C=O) groups is 2. The highest BCUT2D eigenvalue weighted by Gasteiger charge is 2.70. The zero-order chi connectivity index (χ0) is 13.9. The van der Waals surface area contributed by atoms with E-state index < -0.39 is 35.6 Å². The number of nitrogens with one attached hydrogen (secondary N) is 1. The number of alkyl halides is 3. The maximum Gasteiger partial charge on any atom is 0.411 e. The lowest BCUT2D eigenvalue weighted by molar-refractivity contribution is -0.206. The number of carbonyl (C=O) groups excluding carboxylic acids is 2. The highest BCUT2D eigenvalue weighted by Crippen LogP contribution is 2.55. The van der Waals surface area contributed by atoms with Gasteiger partial charge in [-0.25, -0.2) is 0 Å². The Kier molecular flexibility index (Phi) is 2.44. The maximum atomic E-state index is 13.1. The third-order valence-corrected chi connectivity index (χ3v) is 4.56. The fourth-order valence-electron chi connectivity index (χ4n) is 3.32. The Hall–Kier alpha value is -1.27. The average Bonchev–Trinajstić information content (AvgIpc) is 3.00. The minimum Gasteiger partial charge on any atom is -0.340 e. The molecule has 4 nitrogen and oxygen atoms in total. The van der Waals surface area contributed by atoms with Gasteiger partial charge in [0.05, 0.1) is 0 Å². The first-order chi connectivity index (χ1) is 8.81. The van der Waals surface area contributed by atoms with E-state index in [1.54, 1.807) is 0 Å². The van der Waals surface area contributed by atoms with Crippen molar-refractivity contribution in [1.29, 1.82) is 0 Å². The van der Waals surface area contributed by atoms with Crippen LogP contribution in [-0.2, 0) is 9.59 Å². The van der Waals surface area contributed by atoms with Gasteiger partial charge in [-0.2, -0.15) is 13.2 Å². The molecule has 2 amide bonds. The van der Waals surface area contributed by atoms with E-state index in [9.17, 15) is 22.8 Å². The largest absolute Gasteiger partial charge is 0.411 e. The van der Waals surface area contributed by atoms with Crippen LogP contribution in [0.1, 0.15) is 38.5 Å². The predicted molar refractivity (Wildman–Crippen MR) is 59.1 cm³/mol. The van der Waals surface area contributed by atoms with Crippen molar-refractivity contribution >= 4 is 11.8 Å². The Morgan fingerprint density at radius 3 is 2.11 bits per heavy atom. The molecule has 1 N–H and O–H groups in total. The van der Waals surface area contributed by atoms with Gasteiger partial charge in [0.25, 0.3) is 0 Å². The Morgan fingerprint density at radius 2 is 1.63 bits per heavy atom. The van der Waals surface area contributed by atoms with Crippen molar-refractivity contribution in [3.05, 3.63) is 0 Å². The molecule has 3 aliphatic rings. The first-order valence-electron chi connectivity index (χ1n) is 6.51. The standard InChI is InChI=1S/C12H15F3N2O2/c13-12(14,15)11(5-6-11)17-7-8(18)16-10(9(17)19)3-1-2-4-10/h1-7H2,(H,16,18). The van der Waals surface area contributed by atoms with Crippen LogP contribution in [0, 0.1) is 0 Å². The minimum absolute atomic E-state index is 0.0917. The van der Waals surface area contributed by atoms with Crippen molar-refractivity contribution in [2.24, 2.45) is 0 Å². The Labute approximate surface area is 108 Å². The summed E-state index contributed by atoms with van der Waals surface area (Å²) in [5, 5.41) is 2.63. The van der Waals surface area contributed by atoms with E-state index in [1.165, 1.54) is 0 Å². The van der Waals surface area contributed by atoms with Gasteiger partial charge < -0.3 is 10.2 Å². The van der Waals surface area contributed by atoms with Crippen molar-refractivity contribution in [1.82, 2.24) is 10.2 Å². The number of nitrogens with zero attached hydrogens (tertiary/aromatic N) is 1. The van der Waals surface area contributed by atoms with Crippen molar-refractivity contribution in [3.8, 4) is 0 Å². The van der Waals surface area contributed by atoms with E-state index in [2.05, 4.69) is 5.32 Å². The molecule has 3 rings (SSSR count). The van der Waals surface area contributed by atoms with Crippen LogP contribution in [0.3, 0.4) is 0 Å². The van der Waals surface area contributed by atoms with E-state index in [0.29, 0.717) is 12.8 Å². The Morgan fingerprint density at radius 1 is 1.05 bits per heavy atom. The fourth-order valence-corrected chi connectivity index (χ4v) is 3.32. The van der Waals surface area contributed by atoms with Crippen LogP contribution in [-0.4, -0.2) is 40.5 Å². The number of amides is 2. The molecule has 0 bridgehead atoms. The molecule has 2 aliphatic carbocycles. The fraction of sp³-hybridized carbons (Fsp3) is 0.833. The summed E-state index contributed by atoms with van der Waals surface area (Å²) in [6, 6.07) is 0. The first kappa shape index (κ1) is 12.7. The molecule has 0 aromatic heterocycles. The second kappa shape index (κ2) is 3.64. The molecular formula is C12H15F3N2O2. The highest BCUT2D eigenvalue weighted by molar-refractivity contribution is 5.99. The summed E-state index contributed by atoms with van der Waals surface area (Å²) < 4.78 is 39.4. The van der Waals surface area contributed by atoms with Crippen molar-refractivity contribution < 1.29 is 22.8 Å². The molecule has 2 saturated carbocycles. The van der Waals surface area contributed by atoms with Crippen LogP contribution < -0.4 is 5.32 Å². The second-order valence-electron chi connectivity index (χ2n) is 5.76. The van der Waals surface area contributed by atoms with E-state index >= 15 is 0 Å². The molecule has 0 atom stereocenters. The van der Waals surface area contributed by atoms with Gasteiger partial charge in [0.15, 0.2) is 0 Å². The number of hydrogen-bond donors (Lipinski definition) is 1. The van der Waals surface area contributed by atoms with Crippen molar-refractivity contribution in [3.63, 3.8) is 0 Å². The molecule has 1 saturated heterocycles. The third-order valence-electron chi connectivity index (χ3n) is 4.56. The second-order valence-corrected chi connectivity index (χ2v) is 5.76. The summed E-state index contributed by atoms with van der Waals surface area (Å²) >= 11 is 0. The zero-order valence-corrected chi connectivity index (χ0v) is 10.3. The molecule has 0 aromatic rings. The molecule has 0 aromatic carbocycles. The predicted octanol–water partition coefficient (Wildman–Crippen LogP) is 1.35. The van der Waals surface area contributed by atoms with Crippen LogP contribution in [0.4, 0.5) is 13.2 Å². The lowest BCUT2D eigenvalue weighted by Crippen LogP contribution is -2.69. The van der Waals surface area contributed by atoms with Crippen LogP contribution in [0.2, 0.25) is 0 Å². The molecule has 1 heterocycles. The van der Waals surface area contributed by atoms with Gasteiger partial charge in [-0.05, 0) is 25.7 Å². The van der Waals surface area contributed by atoms with Gasteiger partial charge in [-0.1, -0.05) is 12.8 Å². The van der Waals surface area contributed by atoms with Crippen LogP contribution in [0.25, 0.3) is 0 Å². The van der Waals surface area contributed by atoms with Gasteiger partial charge in [0.1, 0.15) is 17.6 Å². The molecule has 0 radical (unpaired) electrons. The van der Waals surface area contributed by atoms with Gasteiger partial charge in [-0.3, -0.25) is 9.59 Å². The molecule has 19 heavy (non-hydrogen) atoms. The SMILES string of the molecule is O=C1CN(C2(C(F)(F)F)CC2)C(=O)C2(CCCC2)N1. The van der Waals surface area contributed by atoms with E-state index in [-0.39, 0.29) is 12.8 Å². The Bertz CT molecular complexity index is 437. The molecule has 1 aliphatic heterocycles. The first-order valence-corrected chi connectivity index (χ1v) is 6.51. The summed E-state index contributed by atoms with van der Waals surface area (Å²) in [7, 11) is 0. The van der Waals surface area contributed by atoms with Gasteiger partial charge in [0.2, 0.25) is 11.8 Å². The smallest absolute Gasteiger partial charge is 0.340 e. The van der Waals surface area contributed by atoms with Gasteiger partial charge >= 0.3 is 6.18 Å². The maximum absolute atomic E-state index is 13.1. The van der Waals surface area contributed by atoms with Crippen LogP contribution in [0.15, 0.2) is 0 Å². The van der Waals surface area contributed by atoms with Crippen LogP contribution in [0.5, 0.6) is 0 Å². The average molecular weight is 276 g/mol.